The van der Waals surface area contributed by atoms with Crippen LogP contribution in [0.25, 0.3) is 0 Å². The van der Waals surface area contributed by atoms with Gasteiger partial charge in [-0.05, 0) is 6.42 Å². The maximum atomic E-state index is 10.9. The van der Waals surface area contributed by atoms with Crippen LogP contribution >= 0.6 is 0 Å². The van der Waals surface area contributed by atoms with Crippen molar-refractivity contribution in [2.24, 2.45) is 5.92 Å². The normalized spacial score (nSPS) is 18.2. The van der Waals surface area contributed by atoms with Crippen molar-refractivity contribution in [3.05, 3.63) is 27.9 Å². The number of nitrogens with zero attached hydrogens (tertiary/aromatic N) is 2. The molecule has 1 atom stereocenters. The Morgan fingerprint density at radius 2 is 2.47 bits per heavy atom. The molecule has 1 saturated heterocycles. The first kappa shape index (κ1) is 13.2. The van der Waals surface area contributed by atoms with Gasteiger partial charge in [0.15, 0.2) is 0 Å². The van der Waals surface area contributed by atoms with Gasteiger partial charge in [-0.15, -0.1) is 0 Å². The minimum Gasteiger partial charge on any atom is -0.478 e. The highest BCUT2D eigenvalue weighted by atomic mass is 16.6. The third-order valence-electron chi connectivity index (χ3n) is 2.76. The highest BCUT2D eigenvalue weighted by Gasteiger charge is 2.23. The van der Waals surface area contributed by atoms with E-state index in [0.717, 1.165) is 18.7 Å². The van der Waals surface area contributed by atoms with Crippen molar-refractivity contribution in [3.63, 3.8) is 0 Å². The zero-order valence-corrected chi connectivity index (χ0v) is 9.94. The molecule has 0 aromatic carbocycles. The van der Waals surface area contributed by atoms with Crippen molar-refractivity contribution in [1.29, 1.82) is 0 Å². The maximum Gasteiger partial charge on any atom is 0.337 e. The second kappa shape index (κ2) is 5.61. The summed E-state index contributed by atoms with van der Waals surface area (Å²) in [6.45, 7) is 1.47. The average Bonchev–Trinajstić information content (AvgIpc) is 2.89. The summed E-state index contributed by atoms with van der Waals surface area (Å²) in [6, 6.07) is 0.940. The third kappa shape index (κ3) is 3.16. The Morgan fingerprint density at radius 1 is 1.68 bits per heavy atom. The van der Waals surface area contributed by atoms with Crippen LogP contribution in [-0.4, -0.2) is 40.8 Å². The summed E-state index contributed by atoms with van der Waals surface area (Å²) in [4.78, 5) is 24.6. The molecular weight excluding hydrogens is 256 g/mol. The molecular formula is C11H12N2O6. The number of carbonyl (C=O) groups is 1. The summed E-state index contributed by atoms with van der Waals surface area (Å²) in [6.07, 6.45) is 1.87. The van der Waals surface area contributed by atoms with E-state index in [2.05, 4.69) is 4.98 Å². The Kier molecular flexibility index (Phi) is 3.91. The van der Waals surface area contributed by atoms with Gasteiger partial charge < -0.3 is 14.6 Å². The number of pyridine rings is 1. The molecule has 1 unspecified atom stereocenters. The quantitative estimate of drug-likeness (QED) is 0.628. The van der Waals surface area contributed by atoms with Crippen molar-refractivity contribution in [3.8, 4) is 5.88 Å². The molecule has 19 heavy (non-hydrogen) atoms. The molecule has 2 heterocycles. The molecule has 1 aromatic rings. The van der Waals surface area contributed by atoms with Crippen molar-refractivity contribution >= 4 is 11.7 Å². The molecule has 1 fully saturated rings. The second-order valence-corrected chi connectivity index (χ2v) is 4.15. The minimum atomic E-state index is -1.27. The van der Waals surface area contributed by atoms with Crippen molar-refractivity contribution in [2.75, 3.05) is 19.8 Å². The Hall–Kier alpha value is -2.22. The van der Waals surface area contributed by atoms with Crippen LogP contribution in [-0.2, 0) is 4.74 Å². The van der Waals surface area contributed by atoms with Gasteiger partial charge in [0.05, 0.1) is 23.7 Å². The summed E-state index contributed by atoms with van der Waals surface area (Å²) in [5, 5.41) is 19.6. The number of nitro groups is 1. The van der Waals surface area contributed by atoms with E-state index in [1.165, 1.54) is 0 Å². The van der Waals surface area contributed by atoms with Crippen molar-refractivity contribution < 1.29 is 24.3 Å². The molecule has 1 aliphatic heterocycles. The maximum absolute atomic E-state index is 10.9. The lowest BCUT2D eigenvalue weighted by Crippen LogP contribution is -2.13. The van der Waals surface area contributed by atoms with E-state index < -0.39 is 16.6 Å². The van der Waals surface area contributed by atoms with Gasteiger partial charge in [0.2, 0.25) is 0 Å². The molecule has 0 spiro atoms. The van der Waals surface area contributed by atoms with Crippen LogP contribution in [0.4, 0.5) is 5.69 Å². The monoisotopic (exact) mass is 268 g/mol. The topological polar surface area (TPSA) is 112 Å². The van der Waals surface area contributed by atoms with Crippen molar-refractivity contribution in [1.82, 2.24) is 4.98 Å². The summed E-state index contributed by atoms with van der Waals surface area (Å²) in [5.74, 6) is -1.26. The number of carboxylic acid groups (broad SMARTS) is 1. The highest BCUT2D eigenvalue weighted by molar-refractivity contribution is 5.88. The number of ether oxygens (including phenoxy) is 2. The average molecular weight is 268 g/mol. The molecule has 8 heteroatoms. The van der Waals surface area contributed by atoms with Crippen LogP contribution in [0, 0.1) is 16.0 Å². The lowest BCUT2D eigenvalue weighted by atomic mass is 10.1. The number of aromatic nitrogens is 1. The SMILES string of the molecule is O=C(O)c1cnc(OCC2CCOC2)c([N+](=O)[O-])c1. The molecule has 1 aliphatic rings. The van der Waals surface area contributed by atoms with E-state index in [9.17, 15) is 14.9 Å². The number of aromatic carboxylic acids is 1. The molecule has 2 rings (SSSR count). The smallest absolute Gasteiger partial charge is 0.337 e. The molecule has 0 amide bonds. The Labute approximate surface area is 108 Å². The van der Waals surface area contributed by atoms with Crippen molar-refractivity contribution in [2.45, 2.75) is 6.42 Å². The first-order valence-electron chi connectivity index (χ1n) is 5.66. The van der Waals surface area contributed by atoms with Gasteiger partial charge in [0, 0.05) is 24.8 Å². The number of carboxylic acids is 1. The van der Waals surface area contributed by atoms with Gasteiger partial charge in [0.1, 0.15) is 0 Å². The molecule has 0 aliphatic carbocycles. The number of rotatable bonds is 5. The fourth-order valence-electron chi connectivity index (χ4n) is 1.71. The lowest BCUT2D eigenvalue weighted by molar-refractivity contribution is -0.386. The predicted octanol–water partition coefficient (Wildman–Crippen LogP) is 1.10. The Bertz CT molecular complexity index is 498. The molecule has 1 aromatic heterocycles. The van der Waals surface area contributed by atoms with Gasteiger partial charge in [0.25, 0.3) is 5.88 Å². The molecule has 0 bridgehead atoms. The molecule has 0 saturated carbocycles. The Balaban J connectivity index is 2.14. The summed E-state index contributed by atoms with van der Waals surface area (Å²) < 4.78 is 10.5. The minimum absolute atomic E-state index is 0.165. The van der Waals surface area contributed by atoms with Crippen LogP contribution < -0.4 is 4.74 Å². The fourth-order valence-corrected chi connectivity index (χ4v) is 1.71. The molecule has 8 nitrogen and oxygen atoms in total. The third-order valence-corrected chi connectivity index (χ3v) is 2.76. The van der Waals surface area contributed by atoms with Crippen LogP contribution in [0.15, 0.2) is 12.3 Å². The van der Waals surface area contributed by atoms with Crippen LogP contribution in [0.3, 0.4) is 0 Å². The van der Waals surface area contributed by atoms with Crippen LogP contribution in [0.5, 0.6) is 5.88 Å². The van der Waals surface area contributed by atoms with Gasteiger partial charge in [-0.2, -0.15) is 0 Å². The van der Waals surface area contributed by atoms with E-state index in [4.69, 9.17) is 14.6 Å². The van der Waals surface area contributed by atoms with Crippen LogP contribution in [0.1, 0.15) is 16.8 Å². The van der Waals surface area contributed by atoms with Crippen LogP contribution in [0.2, 0.25) is 0 Å². The number of hydrogen-bond donors (Lipinski definition) is 1. The molecule has 102 valence electrons. The van der Waals surface area contributed by atoms with E-state index in [0.29, 0.717) is 13.2 Å². The van der Waals surface area contributed by atoms with E-state index in [1.54, 1.807) is 0 Å². The number of hydrogen-bond acceptors (Lipinski definition) is 6. The fraction of sp³-hybridized carbons (Fsp3) is 0.455. The predicted molar refractivity (Wildman–Crippen MR) is 62.3 cm³/mol. The Morgan fingerprint density at radius 3 is 3.05 bits per heavy atom. The first-order chi connectivity index (χ1) is 9.08. The second-order valence-electron chi connectivity index (χ2n) is 4.15. The zero-order chi connectivity index (χ0) is 13.8. The largest absolute Gasteiger partial charge is 0.478 e. The molecule has 1 N–H and O–H groups in total. The van der Waals surface area contributed by atoms with Gasteiger partial charge in [-0.1, -0.05) is 0 Å². The van der Waals surface area contributed by atoms with E-state index in [-0.39, 0.29) is 24.0 Å². The molecule has 0 radical (unpaired) electrons. The van der Waals surface area contributed by atoms with Gasteiger partial charge in [-0.3, -0.25) is 10.1 Å². The van der Waals surface area contributed by atoms with E-state index in [1.807, 2.05) is 0 Å². The summed E-state index contributed by atoms with van der Waals surface area (Å²) in [7, 11) is 0. The van der Waals surface area contributed by atoms with E-state index >= 15 is 0 Å². The first-order valence-corrected chi connectivity index (χ1v) is 5.66. The lowest BCUT2D eigenvalue weighted by Gasteiger charge is -2.09. The summed E-state index contributed by atoms with van der Waals surface area (Å²) in [5.41, 5.74) is -0.693. The highest BCUT2D eigenvalue weighted by Crippen LogP contribution is 2.26. The van der Waals surface area contributed by atoms with Gasteiger partial charge >= 0.3 is 11.7 Å². The summed E-state index contributed by atoms with van der Waals surface area (Å²) >= 11 is 0. The van der Waals surface area contributed by atoms with Gasteiger partial charge in [-0.25, -0.2) is 9.78 Å². The zero-order valence-electron chi connectivity index (χ0n) is 9.94. The standard InChI is InChI=1S/C11H12N2O6/c14-11(15)8-3-9(13(16)17)10(12-4-8)19-6-7-1-2-18-5-7/h3-4,7H,1-2,5-6H2,(H,14,15).